The van der Waals surface area contributed by atoms with Crippen molar-refractivity contribution in [2.75, 3.05) is 0 Å². The Hall–Kier alpha value is 0.540. The summed E-state index contributed by atoms with van der Waals surface area (Å²) < 4.78 is 26.0. The van der Waals surface area contributed by atoms with E-state index in [0.717, 1.165) is 6.07 Å². The fourth-order valence-corrected chi connectivity index (χ4v) is 2.30. The van der Waals surface area contributed by atoms with Crippen LogP contribution in [-0.4, -0.2) is 0 Å². The summed E-state index contributed by atoms with van der Waals surface area (Å²) in [7, 11) is 0. The Morgan fingerprint density at radius 3 is 2.20 bits per heavy atom. The number of hydrogen-bond donors (Lipinski definition) is 0. The molecular weight excluding hydrogens is 364 g/mol. The number of hydrogen-bond acceptors (Lipinski definition) is 0. The topological polar surface area (TPSA) is 0 Å². The SMILES string of the molecule is Fc1cc(I)cc(I)c1F. The Balaban J connectivity index is 3.31. The van der Waals surface area contributed by atoms with Gasteiger partial charge in [-0.1, -0.05) is 0 Å². The first-order chi connectivity index (χ1) is 4.61. The number of halogens is 4. The maximum atomic E-state index is 12.5. The van der Waals surface area contributed by atoms with Crippen LogP contribution in [0.3, 0.4) is 0 Å². The zero-order valence-electron chi connectivity index (χ0n) is 4.67. The molecular formula is C6H2F2I2. The van der Waals surface area contributed by atoms with Crippen molar-refractivity contribution in [1.82, 2.24) is 0 Å². The molecule has 0 spiro atoms. The zero-order valence-corrected chi connectivity index (χ0v) is 8.98. The molecule has 54 valence electrons. The van der Waals surface area contributed by atoms with Crippen LogP contribution in [0.1, 0.15) is 0 Å². The van der Waals surface area contributed by atoms with Crippen molar-refractivity contribution >= 4 is 45.2 Å². The molecule has 0 aromatic heterocycles. The lowest BCUT2D eigenvalue weighted by molar-refractivity contribution is 0.503. The Bertz CT molecular complexity index is 237. The fraction of sp³-hybridized carbons (Fsp3) is 0. The Morgan fingerprint density at radius 1 is 1.10 bits per heavy atom. The zero-order chi connectivity index (χ0) is 7.72. The standard InChI is InChI=1S/C6H2F2I2/c7-4-1-3(9)2-5(10)6(4)8/h1-2H. The quantitative estimate of drug-likeness (QED) is 0.376. The van der Waals surface area contributed by atoms with Crippen molar-refractivity contribution < 1.29 is 8.78 Å². The van der Waals surface area contributed by atoms with E-state index in [1.807, 2.05) is 22.6 Å². The number of rotatable bonds is 0. The highest BCUT2D eigenvalue weighted by Gasteiger charge is 2.05. The molecule has 1 aromatic carbocycles. The highest BCUT2D eigenvalue weighted by Crippen LogP contribution is 2.17. The van der Waals surface area contributed by atoms with E-state index in [4.69, 9.17) is 0 Å². The third-order valence-corrected chi connectivity index (χ3v) is 2.36. The Labute approximate surface area is 84.3 Å². The van der Waals surface area contributed by atoms with Gasteiger partial charge in [0.1, 0.15) is 0 Å². The molecule has 4 heteroatoms. The summed E-state index contributed by atoms with van der Waals surface area (Å²) in [6, 6.07) is 2.75. The Morgan fingerprint density at radius 2 is 1.70 bits per heavy atom. The van der Waals surface area contributed by atoms with E-state index in [0.29, 0.717) is 7.14 Å². The van der Waals surface area contributed by atoms with Gasteiger partial charge in [0.25, 0.3) is 0 Å². The van der Waals surface area contributed by atoms with Crippen molar-refractivity contribution in [2.24, 2.45) is 0 Å². The van der Waals surface area contributed by atoms with E-state index in [2.05, 4.69) is 0 Å². The van der Waals surface area contributed by atoms with Crippen molar-refractivity contribution in [3.05, 3.63) is 30.9 Å². The summed E-state index contributed by atoms with van der Waals surface area (Å²) in [6.07, 6.45) is 0. The van der Waals surface area contributed by atoms with Crippen LogP contribution in [0.2, 0.25) is 0 Å². The average molecular weight is 366 g/mol. The summed E-state index contributed by atoms with van der Waals surface area (Å²) in [4.78, 5) is 0. The van der Waals surface area contributed by atoms with Gasteiger partial charge in [0.05, 0.1) is 3.57 Å². The molecule has 0 atom stereocenters. The van der Waals surface area contributed by atoms with Gasteiger partial charge in [-0.05, 0) is 57.3 Å². The molecule has 0 aliphatic carbocycles. The van der Waals surface area contributed by atoms with E-state index < -0.39 is 11.6 Å². The maximum Gasteiger partial charge on any atom is 0.172 e. The predicted octanol–water partition coefficient (Wildman–Crippen LogP) is 3.17. The first kappa shape index (κ1) is 8.63. The maximum absolute atomic E-state index is 12.5. The molecule has 0 radical (unpaired) electrons. The lowest BCUT2D eigenvalue weighted by Crippen LogP contribution is -1.88. The third-order valence-electron chi connectivity index (χ3n) is 0.949. The summed E-state index contributed by atoms with van der Waals surface area (Å²) in [5, 5.41) is 0. The van der Waals surface area contributed by atoms with Crippen molar-refractivity contribution in [3.8, 4) is 0 Å². The molecule has 1 aromatic rings. The first-order valence-electron chi connectivity index (χ1n) is 2.41. The summed E-state index contributed by atoms with van der Waals surface area (Å²) in [5.74, 6) is -1.54. The molecule has 0 saturated carbocycles. The normalized spacial score (nSPS) is 10.0. The van der Waals surface area contributed by atoms with Gasteiger partial charge in [-0.2, -0.15) is 0 Å². The molecule has 0 bridgehead atoms. The van der Waals surface area contributed by atoms with Crippen LogP contribution in [0.5, 0.6) is 0 Å². The Kier molecular flexibility index (Phi) is 2.84. The van der Waals surface area contributed by atoms with Crippen LogP contribution in [0.4, 0.5) is 8.78 Å². The van der Waals surface area contributed by atoms with Gasteiger partial charge < -0.3 is 0 Å². The second-order valence-electron chi connectivity index (χ2n) is 1.68. The van der Waals surface area contributed by atoms with Gasteiger partial charge in [0, 0.05) is 3.57 Å². The van der Waals surface area contributed by atoms with Crippen LogP contribution >= 0.6 is 45.2 Å². The highest BCUT2D eigenvalue weighted by atomic mass is 127. The molecule has 0 amide bonds. The highest BCUT2D eigenvalue weighted by molar-refractivity contribution is 14.1. The molecule has 0 N–H and O–H groups in total. The fourth-order valence-electron chi connectivity index (χ4n) is 0.525. The lowest BCUT2D eigenvalue weighted by atomic mass is 10.3. The minimum absolute atomic E-state index is 0.321. The summed E-state index contributed by atoms with van der Waals surface area (Å²) in [5.41, 5.74) is 0. The second-order valence-corrected chi connectivity index (χ2v) is 4.09. The largest absolute Gasteiger partial charge is 0.204 e. The predicted molar refractivity (Wildman–Crippen MR) is 51.8 cm³/mol. The third kappa shape index (κ3) is 1.77. The van der Waals surface area contributed by atoms with Crippen LogP contribution in [0.15, 0.2) is 12.1 Å². The minimum Gasteiger partial charge on any atom is -0.204 e. The lowest BCUT2D eigenvalue weighted by Gasteiger charge is -1.95. The van der Waals surface area contributed by atoms with E-state index in [-0.39, 0.29) is 0 Å². The van der Waals surface area contributed by atoms with Crippen LogP contribution in [0, 0.1) is 18.8 Å². The molecule has 0 nitrogen and oxygen atoms in total. The number of benzene rings is 1. The van der Waals surface area contributed by atoms with Gasteiger partial charge in [-0.25, -0.2) is 8.78 Å². The van der Waals surface area contributed by atoms with Gasteiger partial charge in [-0.15, -0.1) is 0 Å². The van der Waals surface area contributed by atoms with Crippen LogP contribution < -0.4 is 0 Å². The molecule has 0 aliphatic rings. The van der Waals surface area contributed by atoms with Gasteiger partial charge in [0.2, 0.25) is 0 Å². The van der Waals surface area contributed by atoms with Crippen LogP contribution in [-0.2, 0) is 0 Å². The van der Waals surface area contributed by atoms with Crippen molar-refractivity contribution in [1.29, 1.82) is 0 Å². The molecule has 10 heavy (non-hydrogen) atoms. The minimum atomic E-state index is -0.781. The van der Waals surface area contributed by atoms with Gasteiger partial charge in [0.15, 0.2) is 11.6 Å². The van der Waals surface area contributed by atoms with Crippen molar-refractivity contribution in [2.45, 2.75) is 0 Å². The van der Waals surface area contributed by atoms with E-state index in [1.165, 1.54) is 0 Å². The van der Waals surface area contributed by atoms with E-state index in [9.17, 15) is 8.78 Å². The molecule has 0 saturated heterocycles. The van der Waals surface area contributed by atoms with Crippen LogP contribution in [0.25, 0.3) is 0 Å². The van der Waals surface area contributed by atoms with E-state index in [1.54, 1.807) is 28.7 Å². The molecule has 0 unspecified atom stereocenters. The summed E-state index contributed by atoms with van der Waals surface area (Å²) in [6.45, 7) is 0. The molecule has 0 aliphatic heterocycles. The van der Waals surface area contributed by atoms with Gasteiger partial charge >= 0.3 is 0 Å². The monoisotopic (exact) mass is 366 g/mol. The van der Waals surface area contributed by atoms with E-state index >= 15 is 0 Å². The summed E-state index contributed by atoms with van der Waals surface area (Å²) >= 11 is 3.69. The van der Waals surface area contributed by atoms with Crippen molar-refractivity contribution in [3.63, 3.8) is 0 Å². The molecule has 1 rings (SSSR count). The first-order valence-corrected chi connectivity index (χ1v) is 4.57. The van der Waals surface area contributed by atoms with Gasteiger partial charge in [-0.3, -0.25) is 0 Å². The molecule has 0 fully saturated rings. The average Bonchev–Trinajstić information content (AvgIpc) is 1.82. The molecule has 0 heterocycles. The second kappa shape index (κ2) is 3.29. The smallest absolute Gasteiger partial charge is 0.172 e.